The fraction of sp³-hybridized carbons (Fsp3) is 0.643. The fourth-order valence-electron chi connectivity index (χ4n) is 2.29. The number of ether oxygens (including phenoxy) is 1. The largest absolute Gasteiger partial charge is 0.465 e. The van der Waals surface area contributed by atoms with Gasteiger partial charge in [0.1, 0.15) is 0 Å². The number of unbranched alkanes of at least 4 members (excludes halogenated alkanes) is 1. The van der Waals surface area contributed by atoms with Crippen molar-refractivity contribution in [2.24, 2.45) is 0 Å². The maximum atomic E-state index is 11.5. The molecule has 1 aromatic heterocycles. The average Bonchev–Trinajstić information content (AvgIpc) is 2.85. The number of rotatable bonds is 6. The van der Waals surface area contributed by atoms with Crippen LogP contribution in [0.5, 0.6) is 0 Å². The van der Waals surface area contributed by atoms with E-state index in [9.17, 15) is 4.79 Å². The second-order valence-corrected chi connectivity index (χ2v) is 5.70. The van der Waals surface area contributed by atoms with Crippen LogP contribution in [0, 0.1) is 0 Å². The number of aryl methyl sites for hydroxylation is 1. The van der Waals surface area contributed by atoms with Crippen LogP contribution in [0.25, 0.3) is 0 Å². The van der Waals surface area contributed by atoms with E-state index in [2.05, 4.69) is 23.7 Å². The molecule has 1 atom stereocenters. The van der Waals surface area contributed by atoms with Gasteiger partial charge in [0.25, 0.3) is 0 Å². The van der Waals surface area contributed by atoms with Gasteiger partial charge in [0.15, 0.2) is 0 Å². The highest BCUT2D eigenvalue weighted by Gasteiger charge is 2.21. The Morgan fingerprint density at radius 3 is 3.33 bits per heavy atom. The number of esters is 1. The van der Waals surface area contributed by atoms with Crippen molar-refractivity contribution >= 4 is 17.3 Å². The van der Waals surface area contributed by atoms with Gasteiger partial charge in [-0.25, -0.2) is 0 Å². The second-order valence-electron chi connectivity index (χ2n) is 4.70. The molecule has 1 aliphatic rings. The highest BCUT2D eigenvalue weighted by Crippen LogP contribution is 2.32. The molecule has 0 fully saturated rings. The van der Waals surface area contributed by atoms with Crippen molar-refractivity contribution in [3.05, 3.63) is 21.9 Å². The van der Waals surface area contributed by atoms with Crippen molar-refractivity contribution in [3.63, 3.8) is 0 Å². The van der Waals surface area contributed by atoms with Gasteiger partial charge in [0.2, 0.25) is 0 Å². The van der Waals surface area contributed by atoms with Gasteiger partial charge < -0.3 is 4.74 Å². The zero-order valence-corrected chi connectivity index (χ0v) is 11.7. The van der Waals surface area contributed by atoms with Gasteiger partial charge in [0, 0.05) is 10.9 Å². The number of carbonyl (C=O) groups excluding carboxylic acids is 1. The first-order valence-electron chi connectivity index (χ1n) is 6.76. The lowest BCUT2D eigenvalue weighted by atomic mass is 9.94. The maximum Gasteiger partial charge on any atom is 0.319 e. The molecule has 3 nitrogen and oxygen atoms in total. The van der Waals surface area contributed by atoms with E-state index < -0.39 is 0 Å². The van der Waals surface area contributed by atoms with Crippen LogP contribution in [0.3, 0.4) is 0 Å². The Bertz CT molecular complexity index is 389. The predicted octanol–water partition coefficient (Wildman–Crippen LogP) is 3.06. The van der Waals surface area contributed by atoms with Crippen LogP contribution in [-0.4, -0.2) is 19.1 Å². The number of thiophene rings is 1. The SMILES string of the molecule is CCCCOC(=O)CNC1CCCc2sccc21. The van der Waals surface area contributed by atoms with Gasteiger partial charge in [-0.05, 0) is 42.7 Å². The van der Waals surface area contributed by atoms with E-state index in [1.54, 1.807) is 0 Å². The van der Waals surface area contributed by atoms with Crippen molar-refractivity contribution in [1.82, 2.24) is 5.32 Å². The molecule has 1 aliphatic carbocycles. The first-order valence-corrected chi connectivity index (χ1v) is 7.64. The third kappa shape index (κ3) is 3.56. The lowest BCUT2D eigenvalue weighted by Gasteiger charge is -2.23. The van der Waals surface area contributed by atoms with Gasteiger partial charge >= 0.3 is 5.97 Å². The molecule has 18 heavy (non-hydrogen) atoms. The number of hydrogen-bond acceptors (Lipinski definition) is 4. The Labute approximate surface area is 113 Å². The molecule has 0 radical (unpaired) electrons. The molecule has 100 valence electrons. The Morgan fingerprint density at radius 2 is 2.50 bits per heavy atom. The van der Waals surface area contributed by atoms with E-state index in [0.717, 1.165) is 19.3 Å². The predicted molar refractivity (Wildman–Crippen MR) is 73.9 cm³/mol. The summed E-state index contributed by atoms with van der Waals surface area (Å²) in [6.45, 7) is 2.96. The minimum absolute atomic E-state index is 0.134. The van der Waals surface area contributed by atoms with E-state index in [1.807, 2.05) is 11.3 Å². The van der Waals surface area contributed by atoms with E-state index >= 15 is 0 Å². The molecule has 2 rings (SSSR count). The summed E-state index contributed by atoms with van der Waals surface area (Å²) < 4.78 is 5.14. The van der Waals surface area contributed by atoms with E-state index in [-0.39, 0.29) is 5.97 Å². The van der Waals surface area contributed by atoms with Gasteiger partial charge in [-0.2, -0.15) is 0 Å². The van der Waals surface area contributed by atoms with Crippen LogP contribution in [0.4, 0.5) is 0 Å². The molecule has 1 heterocycles. The number of carbonyl (C=O) groups is 1. The Balaban J connectivity index is 1.76. The van der Waals surface area contributed by atoms with Crippen LogP contribution in [0.1, 0.15) is 49.1 Å². The summed E-state index contributed by atoms with van der Waals surface area (Å²) in [5.74, 6) is -0.134. The molecule has 0 saturated carbocycles. The fourth-order valence-corrected chi connectivity index (χ4v) is 3.27. The lowest BCUT2D eigenvalue weighted by Crippen LogP contribution is -2.30. The molecular weight excluding hydrogens is 246 g/mol. The molecule has 0 aliphatic heterocycles. The van der Waals surface area contributed by atoms with Crippen LogP contribution in [-0.2, 0) is 16.0 Å². The third-order valence-electron chi connectivity index (χ3n) is 3.31. The monoisotopic (exact) mass is 267 g/mol. The number of nitrogens with one attached hydrogen (secondary N) is 1. The first-order chi connectivity index (χ1) is 8.81. The first kappa shape index (κ1) is 13.6. The zero-order valence-electron chi connectivity index (χ0n) is 10.9. The van der Waals surface area contributed by atoms with Crippen LogP contribution in [0.15, 0.2) is 11.4 Å². The lowest BCUT2D eigenvalue weighted by molar-refractivity contribution is -0.142. The normalized spacial score (nSPS) is 18.4. The molecule has 0 saturated heterocycles. The smallest absolute Gasteiger partial charge is 0.319 e. The van der Waals surface area contributed by atoms with E-state index in [1.165, 1.54) is 23.3 Å². The summed E-state index contributed by atoms with van der Waals surface area (Å²) in [5.41, 5.74) is 1.38. The quantitative estimate of drug-likeness (QED) is 0.636. The van der Waals surface area contributed by atoms with Gasteiger partial charge in [-0.15, -0.1) is 11.3 Å². The minimum atomic E-state index is -0.134. The standard InChI is InChI=1S/C14H21NO2S/c1-2-3-8-17-14(16)10-15-12-5-4-6-13-11(12)7-9-18-13/h7,9,12,15H,2-6,8,10H2,1H3. The van der Waals surface area contributed by atoms with E-state index in [4.69, 9.17) is 4.74 Å². The van der Waals surface area contributed by atoms with Gasteiger partial charge in [0.05, 0.1) is 13.2 Å². The molecule has 0 aromatic carbocycles. The number of hydrogen-bond donors (Lipinski definition) is 1. The Hall–Kier alpha value is -0.870. The summed E-state index contributed by atoms with van der Waals surface area (Å²) in [5, 5.41) is 5.47. The molecule has 1 aromatic rings. The topological polar surface area (TPSA) is 38.3 Å². The van der Waals surface area contributed by atoms with Crippen LogP contribution < -0.4 is 5.32 Å². The van der Waals surface area contributed by atoms with Crippen molar-refractivity contribution in [3.8, 4) is 0 Å². The molecule has 1 N–H and O–H groups in total. The molecule has 1 unspecified atom stereocenters. The average molecular weight is 267 g/mol. The summed E-state index contributed by atoms with van der Waals surface area (Å²) in [6.07, 6.45) is 5.51. The number of fused-ring (bicyclic) bond motifs is 1. The molecule has 0 spiro atoms. The van der Waals surface area contributed by atoms with Crippen LogP contribution >= 0.6 is 11.3 Å². The van der Waals surface area contributed by atoms with Crippen LogP contribution in [0.2, 0.25) is 0 Å². The Morgan fingerprint density at radius 1 is 1.61 bits per heavy atom. The molecular formula is C14H21NO2S. The molecule has 0 bridgehead atoms. The zero-order chi connectivity index (χ0) is 12.8. The summed E-state index contributed by atoms with van der Waals surface area (Å²) >= 11 is 1.82. The Kier molecular flexibility index (Phi) is 5.20. The second kappa shape index (κ2) is 6.90. The summed E-state index contributed by atoms with van der Waals surface area (Å²) in [6, 6.07) is 2.51. The molecule has 4 heteroatoms. The van der Waals surface area contributed by atoms with Crippen molar-refractivity contribution in [2.75, 3.05) is 13.2 Å². The third-order valence-corrected chi connectivity index (χ3v) is 4.30. The highest BCUT2D eigenvalue weighted by atomic mass is 32.1. The summed E-state index contributed by atoms with van der Waals surface area (Å²) in [7, 11) is 0. The van der Waals surface area contributed by atoms with Crippen molar-refractivity contribution < 1.29 is 9.53 Å². The van der Waals surface area contributed by atoms with Crippen molar-refractivity contribution in [1.29, 1.82) is 0 Å². The van der Waals surface area contributed by atoms with Gasteiger partial charge in [-0.3, -0.25) is 10.1 Å². The summed E-state index contributed by atoms with van der Waals surface area (Å²) in [4.78, 5) is 13.0. The van der Waals surface area contributed by atoms with Crippen molar-refractivity contribution in [2.45, 2.75) is 45.1 Å². The van der Waals surface area contributed by atoms with Gasteiger partial charge in [-0.1, -0.05) is 13.3 Å². The minimum Gasteiger partial charge on any atom is -0.465 e. The highest BCUT2D eigenvalue weighted by molar-refractivity contribution is 7.10. The van der Waals surface area contributed by atoms with E-state index in [0.29, 0.717) is 19.2 Å². The molecule has 0 amide bonds. The maximum absolute atomic E-state index is 11.5.